The summed E-state index contributed by atoms with van der Waals surface area (Å²) < 4.78 is 0. The molecule has 2 aromatic rings. The van der Waals surface area contributed by atoms with Crippen LogP contribution in [0.2, 0.25) is 0 Å². The molecule has 0 saturated carbocycles. The highest BCUT2D eigenvalue weighted by Crippen LogP contribution is 2.37. The van der Waals surface area contributed by atoms with Crippen LogP contribution in [0.3, 0.4) is 0 Å². The topological polar surface area (TPSA) is 35.6 Å². The van der Waals surface area contributed by atoms with Gasteiger partial charge in [-0.15, -0.1) is 12.4 Å². The number of nitrogens with zero attached hydrogens (tertiary/aromatic N) is 2. The van der Waals surface area contributed by atoms with Gasteiger partial charge in [-0.2, -0.15) is 0 Å². The van der Waals surface area contributed by atoms with Crippen LogP contribution in [0.5, 0.6) is 0 Å². The lowest BCUT2D eigenvalue weighted by Crippen LogP contribution is -2.53. The molecule has 0 aliphatic rings. The number of fused-ring (bicyclic) bond motifs is 1. The summed E-state index contributed by atoms with van der Waals surface area (Å²) in [4.78, 5) is 17.4. The first-order valence-corrected chi connectivity index (χ1v) is 10.5. The molecule has 1 amide bonds. The molecule has 1 N–H and O–H groups in total. The van der Waals surface area contributed by atoms with Crippen LogP contribution >= 0.6 is 12.4 Å². The Morgan fingerprint density at radius 2 is 1.66 bits per heavy atom. The lowest BCUT2D eigenvalue weighted by atomic mass is 9.75. The Bertz CT molecular complexity index is 768. The molecule has 0 spiro atoms. The Morgan fingerprint density at radius 1 is 1.03 bits per heavy atom. The van der Waals surface area contributed by atoms with E-state index in [1.807, 2.05) is 0 Å². The SMILES string of the molecule is CCN(CC)CC(=O)NC(CCN(C)C)(c1cccc2ccccc12)C(C)C.Cl. The summed E-state index contributed by atoms with van der Waals surface area (Å²) in [5.41, 5.74) is 0.811. The van der Waals surface area contributed by atoms with Crippen LogP contribution in [0.15, 0.2) is 42.5 Å². The van der Waals surface area contributed by atoms with Gasteiger partial charge in [-0.05, 0) is 55.9 Å². The maximum atomic E-state index is 13.1. The number of likely N-dealkylation sites (N-methyl/N-ethyl adjacent to an activating group) is 1. The molecule has 0 fully saturated rings. The molecule has 2 aromatic carbocycles. The average molecular weight is 420 g/mol. The smallest absolute Gasteiger partial charge is 0.234 e. The number of benzene rings is 2. The van der Waals surface area contributed by atoms with Crippen LogP contribution < -0.4 is 5.32 Å². The fraction of sp³-hybridized carbons (Fsp3) is 0.542. The first-order valence-electron chi connectivity index (χ1n) is 10.5. The zero-order valence-electron chi connectivity index (χ0n) is 18.9. The number of rotatable bonds is 10. The molecule has 0 aliphatic heterocycles. The van der Waals surface area contributed by atoms with Gasteiger partial charge in [0.05, 0.1) is 12.1 Å². The molecule has 29 heavy (non-hydrogen) atoms. The minimum Gasteiger partial charge on any atom is -0.345 e. The van der Waals surface area contributed by atoms with E-state index in [9.17, 15) is 4.79 Å². The van der Waals surface area contributed by atoms with Crippen LogP contribution in [-0.4, -0.2) is 56.0 Å². The van der Waals surface area contributed by atoms with Crippen molar-refractivity contribution in [3.8, 4) is 0 Å². The maximum absolute atomic E-state index is 13.1. The van der Waals surface area contributed by atoms with E-state index in [1.165, 1.54) is 16.3 Å². The van der Waals surface area contributed by atoms with E-state index in [1.54, 1.807) is 0 Å². The average Bonchev–Trinajstić information content (AvgIpc) is 2.68. The van der Waals surface area contributed by atoms with Crippen molar-refractivity contribution in [2.45, 2.75) is 39.7 Å². The van der Waals surface area contributed by atoms with E-state index in [4.69, 9.17) is 0 Å². The van der Waals surface area contributed by atoms with Gasteiger partial charge in [0.1, 0.15) is 0 Å². The molecule has 0 aliphatic carbocycles. The predicted octanol–water partition coefficient (Wildman–Crippen LogP) is 4.52. The zero-order valence-corrected chi connectivity index (χ0v) is 19.7. The highest BCUT2D eigenvalue weighted by Gasteiger charge is 2.38. The lowest BCUT2D eigenvalue weighted by molar-refractivity contribution is -0.125. The molecule has 5 heteroatoms. The molecule has 0 heterocycles. The van der Waals surface area contributed by atoms with Gasteiger partial charge in [0.2, 0.25) is 5.91 Å². The molecule has 0 bridgehead atoms. The molecule has 162 valence electrons. The lowest BCUT2D eigenvalue weighted by Gasteiger charge is -2.41. The Morgan fingerprint density at radius 3 is 2.24 bits per heavy atom. The molecular weight excluding hydrogens is 382 g/mol. The normalized spacial score (nSPS) is 13.6. The first kappa shape index (κ1) is 25.4. The van der Waals surface area contributed by atoms with E-state index in [0.29, 0.717) is 6.54 Å². The third-order valence-corrected chi connectivity index (χ3v) is 5.83. The summed E-state index contributed by atoms with van der Waals surface area (Å²) >= 11 is 0. The van der Waals surface area contributed by atoms with Gasteiger partial charge < -0.3 is 10.2 Å². The molecule has 4 nitrogen and oxygen atoms in total. The number of halogens is 1. The number of amides is 1. The molecule has 1 unspecified atom stereocenters. The summed E-state index contributed by atoms with van der Waals surface area (Å²) in [6.07, 6.45) is 0.871. The predicted molar refractivity (Wildman–Crippen MR) is 127 cm³/mol. The van der Waals surface area contributed by atoms with Gasteiger partial charge in [0.15, 0.2) is 0 Å². The fourth-order valence-corrected chi connectivity index (χ4v) is 3.96. The second kappa shape index (κ2) is 11.5. The molecule has 0 radical (unpaired) electrons. The summed E-state index contributed by atoms with van der Waals surface area (Å²) in [5.74, 6) is 0.364. The Balaban J connectivity index is 0.00000420. The van der Waals surface area contributed by atoms with E-state index >= 15 is 0 Å². The van der Waals surface area contributed by atoms with Crippen molar-refractivity contribution in [2.75, 3.05) is 40.3 Å². The van der Waals surface area contributed by atoms with Crippen molar-refractivity contribution in [2.24, 2.45) is 5.92 Å². The highest BCUT2D eigenvalue weighted by atomic mass is 35.5. The minimum absolute atomic E-state index is 0. The maximum Gasteiger partial charge on any atom is 0.234 e. The number of hydrogen-bond acceptors (Lipinski definition) is 3. The highest BCUT2D eigenvalue weighted by molar-refractivity contribution is 5.88. The summed E-state index contributed by atoms with van der Waals surface area (Å²) in [6.45, 7) is 11.7. The van der Waals surface area contributed by atoms with Crippen LogP contribution in [0.4, 0.5) is 0 Å². The van der Waals surface area contributed by atoms with E-state index in [0.717, 1.165) is 26.1 Å². The number of nitrogens with one attached hydrogen (secondary N) is 1. The van der Waals surface area contributed by atoms with Crippen molar-refractivity contribution in [1.29, 1.82) is 0 Å². The summed E-state index contributed by atoms with van der Waals surface area (Å²) in [5, 5.41) is 5.92. The minimum atomic E-state index is -0.407. The molecule has 2 rings (SSSR count). The monoisotopic (exact) mass is 419 g/mol. The largest absolute Gasteiger partial charge is 0.345 e. The number of hydrogen-bond donors (Lipinski definition) is 1. The van der Waals surface area contributed by atoms with Crippen molar-refractivity contribution >= 4 is 29.1 Å². The van der Waals surface area contributed by atoms with Crippen LogP contribution in [0.25, 0.3) is 10.8 Å². The van der Waals surface area contributed by atoms with E-state index in [-0.39, 0.29) is 24.2 Å². The van der Waals surface area contributed by atoms with Gasteiger partial charge in [-0.1, -0.05) is 70.2 Å². The number of carbonyl (C=O) groups excluding carboxylic acids is 1. The summed E-state index contributed by atoms with van der Waals surface area (Å²) in [6, 6.07) is 14.9. The van der Waals surface area contributed by atoms with Gasteiger partial charge >= 0.3 is 0 Å². The van der Waals surface area contributed by atoms with Crippen molar-refractivity contribution in [1.82, 2.24) is 15.1 Å². The Hall–Kier alpha value is -1.62. The molecule has 0 saturated heterocycles. The van der Waals surface area contributed by atoms with Crippen molar-refractivity contribution in [3.63, 3.8) is 0 Å². The van der Waals surface area contributed by atoms with Gasteiger partial charge in [0.25, 0.3) is 0 Å². The van der Waals surface area contributed by atoms with E-state index in [2.05, 4.69) is 99.4 Å². The number of carbonyl (C=O) groups is 1. The zero-order chi connectivity index (χ0) is 20.7. The fourth-order valence-electron chi connectivity index (χ4n) is 3.96. The second-order valence-electron chi connectivity index (χ2n) is 8.22. The summed E-state index contributed by atoms with van der Waals surface area (Å²) in [7, 11) is 4.18. The van der Waals surface area contributed by atoms with E-state index < -0.39 is 5.54 Å². The second-order valence-corrected chi connectivity index (χ2v) is 8.22. The third kappa shape index (κ3) is 6.18. The van der Waals surface area contributed by atoms with Crippen molar-refractivity contribution < 1.29 is 4.79 Å². The van der Waals surface area contributed by atoms with Crippen LogP contribution in [0, 0.1) is 5.92 Å². The Kier molecular flexibility index (Phi) is 10.1. The van der Waals surface area contributed by atoms with Crippen molar-refractivity contribution in [3.05, 3.63) is 48.0 Å². The standard InChI is InChI=1S/C24H37N3O.ClH/c1-7-27(8-2)18-23(28)25-24(19(3)4,16-17-26(5)6)22-15-11-13-20-12-9-10-14-21(20)22;/h9-15,19H,7-8,16-18H2,1-6H3,(H,25,28);1H. The Labute approximate surface area is 183 Å². The quantitative estimate of drug-likeness (QED) is 0.614. The molecular formula is C24H38ClN3O. The van der Waals surface area contributed by atoms with Gasteiger partial charge in [0, 0.05) is 6.54 Å². The third-order valence-electron chi connectivity index (χ3n) is 5.83. The molecule has 0 aromatic heterocycles. The van der Waals surface area contributed by atoms with Gasteiger partial charge in [-0.3, -0.25) is 9.69 Å². The van der Waals surface area contributed by atoms with Gasteiger partial charge in [-0.25, -0.2) is 0 Å². The molecule has 1 atom stereocenters. The van der Waals surface area contributed by atoms with Crippen LogP contribution in [-0.2, 0) is 10.3 Å². The van der Waals surface area contributed by atoms with Crippen LogP contribution in [0.1, 0.15) is 39.7 Å². The first-order chi connectivity index (χ1) is 13.3.